The van der Waals surface area contributed by atoms with Crippen LogP contribution in [0.3, 0.4) is 0 Å². The smallest absolute Gasteiger partial charge is 0.244 e. The number of carbonyl (C=O) groups is 1. The Morgan fingerprint density at radius 3 is 3.05 bits per heavy atom. The van der Waals surface area contributed by atoms with Crippen molar-refractivity contribution in [2.75, 3.05) is 13.2 Å². The number of hydrogen-bond acceptors (Lipinski definition) is 3. The van der Waals surface area contributed by atoms with E-state index in [0.717, 1.165) is 24.8 Å². The molecule has 1 aliphatic rings. The molecule has 1 amide bonds. The zero-order chi connectivity index (χ0) is 13.5. The van der Waals surface area contributed by atoms with Gasteiger partial charge in [0.05, 0.1) is 0 Å². The Balaban J connectivity index is 1.77. The summed E-state index contributed by atoms with van der Waals surface area (Å²) in [6.07, 6.45) is 10.0. The van der Waals surface area contributed by atoms with E-state index >= 15 is 0 Å². The molecule has 1 fully saturated rings. The lowest BCUT2D eigenvalue weighted by Crippen LogP contribution is -2.30. The Kier molecular flexibility index (Phi) is 5.10. The molecule has 0 spiro atoms. The van der Waals surface area contributed by atoms with Crippen LogP contribution >= 0.6 is 0 Å². The summed E-state index contributed by atoms with van der Waals surface area (Å²) < 4.78 is 0. The third kappa shape index (κ3) is 4.17. The number of aliphatic hydroxyl groups excluding tert-OH is 1. The van der Waals surface area contributed by atoms with Gasteiger partial charge in [-0.3, -0.25) is 9.78 Å². The molecule has 0 radical (unpaired) electrons. The monoisotopic (exact) mass is 260 g/mol. The Morgan fingerprint density at radius 2 is 2.32 bits per heavy atom. The van der Waals surface area contributed by atoms with Crippen molar-refractivity contribution in [3.8, 4) is 0 Å². The molecule has 19 heavy (non-hydrogen) atoms. The van der Waals surface area contributed by atoms with E-state index in [1.807, 2.05) is 12.1 Å². The SMILES string of the molecule is O=C(C=Cc1cccnc1)NCC1CCCC1CO. The molecule has 2 rings (SSSR count). The molecule has 2 unspecified atom stereocenters. The second-order valence-electron chi connectivity index (χ2n) is 5.00. The Labute approximate surface area is 113 Å². The van der Waals surface area contributed by atoms with Crippen LogP contribution in [0.5, 0.6) is 0 Å². The standard InChI is InChI=1S/C15H20N2O2/c18-11-14-5-1-4-13(14)10-17-15(19)7-6-12-3-2-8-16-9-12/h2-3,6-9,13-14,18H,1,4-5,10-11H2,(H,17,19). The number of pyridine rings is 1. The average molecular weight is 260 g/mol. The first-order chi connectivity index (χ1) is 9.29. The molecule has 0 aliphatic heterocycles. The maximum absolute atomic E-state index is 11.7. The van der Waals surface area contributed by atoms with Gasteiger partial charge >= 0.3 is 0 Å². The van der Waals surface area contributed by atoms with Crippen LogP contribution in [0, 0.1) is 11.8 Å². The summed E-state index contributed by atoms with van der Waals surface area (Å²) in [7, 11) is 0. The van der Waals surface area contributed by atoms with Crippen LogP contribution in [0.25, 0.3) is 6.08 Å². The van der Waals surface area contributed by atoms with E-state index in [9.17, 15) is 9.90 Å². The van der Waals surface area contributed by atoms with Crippen LogP contribution in [0.4, 0.5) is 0 Å². The lowest BCUT2D eigenvalue weighted by atomic mass is 9.97. The number of nitrogens with one attached hydrogen (secondary N) is 1. The van der Waals surface area contributed by atoms with Gasteiger partial charge in [-0.1, -0.05) is 12.5 Å². The molecule has 1 aromatic heterocycles. The van der Waals surface area contributed by atoms with Gasteiger partial charge < -0.3 is 10.4 Å². The van der Waals surface area contributed by atoms with Gasteiger partial charge in [0, 0.05) is 31.6 Å². The fourth-order valence-electron chi connectivity index (χ4n) is 2.56. The lowest BCUT2D eigenvalue weighted by molar-refractivity contribution is -0.116. The summed E-state index contributed by atoms with van der Waals surface area (Å²) in [5.74, 6) is 0.677. The minimum absolute atomic E-state index is 0.0903. The van der Waals surface area contributed by atoms with E-state index in [-0.39, 0.29) is 12.5 Å². The molecule has 1 aliphatic carbocycles. The third-order valence-electron chi connectivity index (χ3n) is 3.70. The zero-order valence-electron chi connectivity index (χ0n) is 11.0. The first-order valence-electron chi connectivity index (χ1n) is 6.76. The summed E-state index contributed by atoms with van der Waals surface area (Å²) in [6.45, 7) is 0.882. The maximum Gasteiger partial charge on any atom is 0.244 e. The summed E-state index contributed by atoms with van der Waals surface area (Å²) in [6, 6.07) is 3.73. The van der Waals surface area contributed by atoms with Crippen molar-refractivity contribution < 1.29 is 9.90 Å². The van der Waals surface area contributed by atoms with E-state index in [1.54, 1.807) is 18.5 Å². The minimum atomic E-state index is -0.0903. The second kappa shape index (κ2) is 7.04. The predicted octanol–water partition coefficient (Wildman–Crippen LogP) is 1.62. The van der Waals surface area contributed by atoms with Gasteiger partial charge in [-0.2, -0.15) is 0 Å². The highest BCUT2D eigenvalue weighted by molar-refractivity contribution is 5.91. The van der Waals surface area contributed by atoms with Crippen molar-refractivity contribution in [2.45, 2.75) is 19.3 Å². The van der Waals surface area contributed by atoms with Gasteiger partial charge in [-0.15, -0.1) is 0 Å². The number of hydrogen-bond donors (Lipinski definition) is 2. The number of aliphatic hydroxyl groups is 1. The third-order valence-corrected chi connectivity index (χ3v) is 3.70. The van der Waals surface area contributed by atoms with Crippen LogP contribution < -0.4 is 5.32 Å². The number of nitrogens with zero attached hydrogens (tertiary/aromatic N) is 1. The Morgan fingerprint density at radius 1 is 1.47 bits per heavy atom. The van der Waals surface area contributed by atoms with E-state index in [2.05, 4.69) is 10.3 Å². The molecular formula is C15H20N2O2. The van der Waals surface area contributed by atoms with Gasteiger partial charge in [-0.05, 0) is 42.4 Å². The summed E-state index contributed by atoms with van der Waals surface area (Å²) >= 11 is 0. The molecule has 1 aromatic rings. The highest BCUT2D eigenvalue weighted by atomic mass is 16.3. The second-order valence-corrected chi connectivity index (χ2v) is 5.00. The first kappa shape index (κ1) is 13.7. The van der Waals surface area contributed by atoms with Crippen LogP contribution in [-0.2, 0) is 4.79 Å². The molecule has 0 saturated heterocycles. The van der Waals surface area contributed by atoms with Gasteiger partial charge in [0.1, 0.15) is 0 Å². The molecule has 2 N–H and O–H groups in total. The van der Waals surface area contributed by atoms with Crippen molar-refractivity contribution >= 4 is 12.0 Å². The van der Waals surface area contributed by atoms with Crippen LogP contribution in [0.1, 0.15) is 24.8 Å². The highest BCUT2D eigenvalue weighted by Crippen LogP contribution is 2.30. The fourth-order valence-corrected chi connectivity index (χ4v) is 2.56. The van der Waals surface area contributed by atoms with Crippen LogP contribution in [-0.4, -0.2) is 29.1 Å². The van der Waals surface area contributed by atoms with Gasteiger partial charge in [0.25, 0.3) is 0 Å². The molecule has 102 valence electrons. The van der Waals surface area contributed by atoms with Crippen molar-refractivity contribution in [1.29, 1.82) is 0 Å². The van der Waals surface area contributed by atoms with Gasteiger partial charge in [0.2, 0.25) is 5.91 Å². The Hall–Kier alpha value is -1.68. The molecule has 2 atom stereocenters. The largest absolute Gasteiger partial charge is 0.396 e. The van der Waals surface area contributed by atoms with E-state index < -0.39 is 0 Å². The summed E-state index contributed by atoms with van der Waals surface area (Å²) in [4.78, 5) is 15.7. The first-order valence-corrected chi connectivity index (χ1v) is 6.76. The van der Waals surface area contributed by atoms with Crippen molar-refractivity contribution in [2.24, 2.45) is 11.8 Å². The topological polar surface area (TPSA) is 62.2 Å². The summed E-state index contributed by atoms with van der Waals surface area (Å²) in [5, 5.41) is 12.1. The van der Waals surface area contributed by atoms with Gasteiger partial charge in [-0.25, -0.2) is 0 Å². The number of aromatic nitrogens is 1. The maximum atomic E-state index is 11.7. The molecule has 1 saturated carbocycles. The molecule has 4 heteroatoms. The number of carbonyl (C=O) groups excluding carboxylic acids is 1. The van der Waals surface area contributed by atoms with Crippen LogP contribution in [0.15, 0.2) is 30.6 Å². The predicted molar refractivity (Wildman–Crippen MR) is 74.2 cm³/mol. The van der Waals surface area contributed by atoms with Crippen LogP contribution in [0.2, 0.25) is 0 Å². The quantitative estimate of drug-likeness (QED) is 0.791. The zero-order valence-corrected chi connectivity index (χ0v) is 11.0. The lowest BCUT2D eigenvalue weighted by Gasteiger charge is -2.17. The Bertz CT molecular complexity index is 431. The fraction of sp³-hybridized carbons (Fsp3) is 0.467. The average Bonchev–Trinajstić information content (AvgIpc) is 2.91. The highest BCUT2D eigenvalue weighted by Gasteiger charge is 2.26. The van der Waals surface area contributed by atoms with Crippen molar-refractivity contribution in [3.05, 3.63) is 36.2 Å². The normalized spacial score (nSPS) is 22.8. The van der Waals surface area contributed by atoms with E-state index in [0.29, 0.717) is 18.4 Å². The van der Waals surface area contributed by atoms with Crippen molar-refractivity contribution in [3.63, 3.8) is 0 Å². The molecule has 0 bridgehead atoms. The molecule has 4 nitrogen and oxygen atoms in total. The van der Waals surface area contributed by atoms with E-state index in [1.165, 1.54) is 6.08 Å². The summed E-state index contributed by atoms with van der Waals surface area (Å²) in [5.41, 5.74) is 0.909. The van der Waals surface area contributed by atoms with E-state index in [4.69, 9.17) is 0 Å². The van der Waals surface area contributed by atoms with Crippen molar-refractivity contribution in [1.82, 2.24) is 10.3 Å². The van der Waals surface area contributed by atoms with Gasteiger partial charge in [0.15, 0.2) is 0 Å². The molecular weight excluding hydrogens is 240 g/mol. The molecule has 0 aromatic carbocycles. The number of rotatable bonds is 5. The minimum Gasteiger partial charge on any atom is -0.396 e. The molecule has 1 heterocycles. The number of amides is 1.